The fraction of sp³-hybridized carbons (Fsp3) is 0.600. The molecular weight excluding hydrogens is 291 g/mol. The molecule has 0 aromatic heterocycles. The van der Waals surface area contributed by atoms with Crippen molar-refractivity contribution in [2.24, 2.45) is 5.41 Å². The SMILES string of the molecule is Cc1c(F)cc(N)cc1S(=O)(=O)NC1CCCCC1(C)C. The Balaban J connectivity index is 2.35. The molecule has 2 rings (SSSR count). The number of rotatable bonds is 3. The van der Waals surface area contributed by atoms with Crippen LogP contribution in [0.1, 0.15) is 45.1 Å². The molecule has 1 aromatic rings. The zero-order valence-corrected chi connectivity index (χ0v) is 13.6. The molecule has 0 heterocycles. The van der Waals surface area contributed by atoms with Gasteiger partial charge in [0.25, 0.3) is 0 Å². The lowest BCUT2D eigenvalue weighted by Crippen LogP contribution is -2.46. The van der Waals surface area contributed by atoms with Crippen LogP contribution in [-0.2, 0) is 10.0 Å². The van der Waals surface area contributed by atoms with Gasteiger partial charge in [-0.2, -0.15) is 0 Å². The van der Waals surface area contributed by atoms with Crippen LogP contribution in [0.15, 0.2) is 17.0 Å². The molecule has 0 aliphatic heterocycles. The van der Waals surface area contributed by atoms with Gasteiger partial charge in [-0.15, -0.1) is 0 Å². The van der Waals surface area contributed by atoms with Crippen LogP contribution in [0.4, 0.5) is 10.1 Å². The summed E-state index contributed by atoms with van der Waals surface area (Å²) in [7, 11) is -3.78. The van der Waals surface area contributed by atoms with Gasteiger partial charge in [-0.3, -0.25) is 0 Å². The Bertz CT molecular complexity index is 641. The van der Waals surface area contributed by atoms with E-state index in [1.54, 1.807) is 0 Å². The van der Waals surface area contributed by atoms with Gasteiger partial charge in [0, 0.05) is 17.3 Å². The van der Waals surface area contributed by atoms with Crippen molar-refractivity contribution in [3.63, 3.8) is 0 Å². The molecule has 1 aromatic carbocycles. The summed E-state index contributed by atoms with van der Waals surface area (Å²) in [5.74, 6) is -0.599. The lowest BCUT2D eigenvalue weighted by atomic mass is 9.74. The Labute approximate surface area is 126 Å². The summed E-state index contributed by atoms with van der Waals surface area (Å²) in [6.07, 6.45) is 3.89. The monoisotopic (exact) mass is 314 g/mol. The number of benzene rings is 1. The van der Waals surface area contributed by atoms with E-state index >= 15 is 0 Å². The van der Waals surface area contributed by atoms with E-state index in [2.05, 4.69) is 18.6 Å². The van der Waals surface area contributed by atoms with E-state index in [0.29, 0.717) is 0 Å². The first-order valence-corrected chi connectivity index (χ1v) is 8.70. The molecule has 1 fully saturated rings. The molecular formula is C15H23FN2O2S. The molecule has 0 amide bonds. The van der Waals surface area contributed by atoms with Gasteiger partial charge in [-0.25, -0.2) is 17.5 Å². The standard InChI is InChI=1S/C15H23FN2O2S/c1-10-12(16)8-11(17)9-13(10)21(19,20)18-14-6-4-5-7-15(14,2)3/h8-9,14,18H,4-7,17H2,1-3H3. The van der Waals surface area contributed by atoms with E-state index in [1.165, 1.54) is 13.0 Å². The molecule has 4 nitrogen and oxygen atoms in total. The second-order valence-electron chi connectivity index (χ2n) is 6.53. The summed E-state index contributed by atoms with van der Waals surface area (Å²) >= 11 is 0. The van der Waals surface area contributed by atoms with E-state index in [0.717, 1.165) is 31.7 Å². The largest absolute Gasteiger partial charge is 0.399 e. The molecule has 0 bridgehead atoms. The quantitative estimate of drug-likeness (QED) is 0.843. The van der Waals surface area contributed by atoms with Crippen molar-refractivity contribution in [1.82, 2.24) is 4.72 Å². The smallest absolute Gasteiger partial charge is 0.241 e. The summed E-state index contributed by atoms with van der Waals surface area (Å²) in [5.41, 5.74) is 5.69. The summed E-state index contributed by atoms with van der Waals surface area (Å²) in [5, 5.41) is 0. The van der Waals surface area contributed by atoms with Gasteiger partial charge in [-0.05, 0) is 37.3 Å². The number of hydrogen-bond acceptors (Lipinski definition) is 3. The van der Waals surface area contributed by atoms with Crippen LogP contribution >= 0.6 is 0 Å². The molecule has 1 saturated carbocycles. The number of nitrogens with two attached hydrogens (primary N) is 1. The van der Waals surface area contributed by atoms with Crippen molar-refractivity contribution in [3.05, 3.63) is 23.5 Å². The Kier molecular flexibility index (Phi) is 4.31. The highest BCUT2D eigenvalue weighted by molar-refractivity contribution is 7.89. The highest BCUT2D eigenvalue weighted by Crippen LogP contribution is 2.36. The fourth-order valence-corrected chi connectivity index (χ4v) is 4.65. The molecule has 0 saturated heterocycles. The topological polar surface area (TPSA) is 72.2 Å². The first-order chi connectivity index (χ1) is 9.63. The first kappa shape index (κ1) is 16.2. The van der Waals surface area contributed by atoms with Crippen molar-refractivity contribution >= 4 is 15.7 Å². The van der Waals surface area contributed by atoms with Crippen molar-refractivity contribution in [1.29, 1.82) is 0 Å². The van der Waals surface area contributed by atoms with Crippen LogP contribution in [0.2, 0.25) is 0 Å². The van der Waals surface area contributed by atoms with E-state index in [4.69, 9.17) is 5.73 Å². The minimum Gasteiger partial charge on any atom is -0.399 e. The average Bonchev–Trinajstić information content (AvgIpc) is 2.36. The minimum atomic E-state index is -3.78. The van der Waals surface area contributed by atoms with Gasteiger partial charge in [0.05, 0.1) is 4.90 Å². The van der Waals surface area contributed by atoms with Crippen LogP contribution in [0.5, 0.6) is 0 Å². The third-order valence-corrected chi connectivity index (χ3v) is 6.01. The highest BCUT2D eigenvalue weighted by Gasteiger charge is 2.35. The van der Waals surface area contributed by atoms with Crippen LogP contribution in [0, 0.1) is 18.2 Å². The van der Waals surface area contributed by atoms with Gasteiger partial charge < -0.3 is 5.73 Å². The Morgan fingerprint density at radius 3 is 2.62 bits per heavy atom. The molecule has 1 aliphatic rings. The number of hydrogen-bond donors (Lipinski definition) is 2. The average molecular weight is 314 g/mol. The Morgan fingerprint density at radius 1 is 1.33 bits per heavy atom. The van der Waals surface area contributed by atoms with E-state index in [1.807, 2.05) is 0 Å². The van der Waals surface area contributed by atoms with Crippen LogP contribution in [-0.4, -0.2) is 14.5 Å². The molecule has 1 aliphatic carbocycles. The maximum atomic E-state index is 13.7. The van der Waals surface area contributed by atoms with Crippen molar-refractivity contribution in [2.75, 3.05) is 5.73 Å². The van der Waals surface area contributed by atoms with Crippen LogP contribution in [0.3, 0.4) is 0 Å². The molecule has 3 N–H and O–H groups in total. The van der Waals surface area contributed by atoms with E-state index in [-0.39, 0.29) is 27.6 Å². The van der Waals surface area contributed by atoms with Crippen molar-refractivity contribution < 1.29 is 12.8 Å². The summed E-state index contributed by atoms with van der Waals surface area (Å²) in [6.45, 7) is 5.58. The number of sulfonamides is 1. The van der Waals surface area contributed by atoms with E-state index < -0.39 is 15.8 Å². The molecule has 21 heavy (non-hydrogen) atoms. The summed E-state index contributed by atoms with van der Waals surface area (Å²) in [4.78, 5) is -0.0682. The third kappa shape index (κ3) is 3.37. The molecule has 1 unspecified atom stereocenters. The Hall–Kier alpha value is -1.14. The van der Waals surface area contributed by atoms with Crippen molar-refractivity contribution in [2.45, 2.75) is 57.4 Å². The van der Waals surface area contributed by atoms with Gasteiger partial charge in [0.1, 0.15) is 5.82 Å². The zero-order chi connectivity index (χ0) is 15.8. The summed E-state index contributed by atoms with van der Waals surface area (Å²) < 4.78 is 41.6. The maximum Gasteiger partial charge on any atom is 0.241 e. The predicted molar refractivity (Wildman–Crippen MR) is 81.9 cm³/mol. The normalized spacial score (nSPS) is 22.2. The maximum absolute atomic E-state index is 13.7. The minimum absolute atomic E-state index is 0.0682. The van der Waals surface area contributed by atoms with Crippen LogP contribution < -0.4 is 10.5 Å². The zero-order valence-electron chi connectivity index (χ0n) is 12.7. The fourth-order valence-electron chi connectivity index (χ4n) is 2.92. The second-order valence-corrected chi connectivity index (χ2v) is 8.22. The van der Waals surface area contributed by atoms with Crippen LogP contribution in [0.25, 0.3) is 0 Å². The Morgan fingerprint density at radius 2 is 2.00 bits per heavy atom. The molecule has 0 spiro atoms. The van der Waals surface area contributed by atoms with Crippen molar-refractivity contribution in [3.8, 4) is 0 Å². The van der Waals surface area contributed by atoms with E-state index in [9.17, 15) is 12.8 Å². The second kappa shape index (κ2) is 5.57. The lowest BCUT2D eigenvalue weighted by Gasteiger charge is -2.38. The molecule has 0 radical (unpaired) electrons. The molecule has 6 heteroatoms. The lowest BCUT2D eigenvalue weighted by molar-refractivity contribution is 0.188. The molecule has 1 atom stereocenters. The van der Waals surface area contributed by atoms with Gasteiger partial charge in [0.15, 0.2) is 0 Å². The third-order valence-electron chi connectivity index (χ3n) is 4.41. The van der Waals surface area contributed by atoms with Gasteiger partial charge >= 0.3 is 0 Å². The van der Waals surface area contributed by atoms with Gasteiger partial charge in [-0.1, -0.05) is 26.7 Å². The number of halogens is 1. The number of nitrogens with one attached hydrogen (secondary N) is 1. The highest BCUT2D eigenvalue weighted by atomic mass is 32.2. The number of nitrogen functional groups attached to an aromatic ring is 1. The summed E-state index contributed by atoms with van der Waals surface area (Å²) in [6, 6.07) is 2.32. The van der Waals surface area contributed by atoms with Gasteiger partial charge in [0.2, 0.25) is 10.0 Å². The number of anilines is 1. The first-order valence-electron chi connectivity index (χ1n) is 7.21. The predicted octanol–water partition coefficient (Wildman–Crippen LogP) is 2.96. The molecule has 118 valence electrons.